The van der Waals surface area contributed by atoms with Gasteiger partial charge in [0.05, 0.1) is 6.54 Å². The normalized spacial score (nSPS) is 10.7. The van der Waals surface area contributed by atoms with Crippen LogP contribution in [0.3, 0.4) is 0 Å². The average Bonchev–Trinajstić information content (AvgIpc) is 2.35. The van der Waals surface area contributed by atoms with E-state index >= 15 is 0 Å². The van der Waals surface area contributed by atoms with Crippen molar-refractivity contribution < 1.29 is 4.79 Å². The summed E-state index contributed by atoms with van der Waals surface area (Å²) in [7, 11) is 0. The van der Waals surface area contributed by atoms with E-state index in [4.69, 9.17) is 11.6 Å². The van der Waals surface area contributed by atoms with Gasteiger partial charge in [-0.25, -0.2) is 0 Å². The van der Waals surface area contributed by atoms with Crippen molar-refractivity contribution in [3.63, 3.8) is 0 Å². The van der Waals surface area contributed by atoms with Crippen LogP contribution in [0.15, 0.2) is 22.7 Å². The third-order valence-electron chi connectivity index (χ3n) is 2.75. The second-order valence-corrected chi connectivity index (χ2v) is 5.30. The van der Waals surface area contributed by atoms with Gasteiger partial charge in [0.15, 0.2) is 0 Å². The maximum absolute atomic E-state index is 11.7. The molecule has 0 aromatic heterocycles. The summed E-state index contributed by atoms with van der Waals surface area (Å²) in [5.74, 6) is 0.0256. The molecule has 0 aliphatic carbocycles. The highest BCUT2D eigenvalue weighted by Gasteiger charge is 2.08. The maximum atomic E-state index is 11.7. The lowest BCUT2D eigenvalue weighted by Crippen LogP contribution is -2.36. The molecule has 0 unspecified atom stereocenters. The van der Waals surface area contributed by atoms with Crippen LogP contribution in [0.5, 0.6) is 0 Å². The summed E-state index contributed by atoms with van der Waals surface area (Å²) in [4.78, 5) is 13.8. The third kappa shape index (κ3) is 4.96. The van der Waals surface area contributed by atoms with E-state index in [0.29, 0.717) is 18.1 Å². The lowest BCUT2D eigenvalue weighted by molar-refractivity contribution is -0.122. The van der Waals surface area contributed by atoms with E-state index in [1.165, 1.54) is 0 Å². The fourth-order valence-corrected chi connectivity index (χ4v) is 2.31. The van der Waals surface area contributed by atoms with Crippen LogP contribution in [-0.2, 0) is 11.3 Å². The van der Waals surface area contributed by atoms with Crippen molar-refractivity contribution in [3.8, 4) is 0 Å². The van der Waals surface area contributed by atoms with Crippen molar-refractivity contribution in [2.75, 3.05) is 19.6 Å². The minimum absolute atomic E-state index is 0.0256. The van der Waals surface area contributed by atoms with Crippen molar-refractivity contribution in [1.82, 2.24) is 10.2 Å². The van der Waals surface area contributed by atoms with Gasteiger partial charge in [0.25, 0.3) is 0 Å². The highest BCUT2D eigenvalue weighted by molar-refractivity contribution is 9.10. The smallest absolute Gasteiger partial charge is 0.234 e. The Morgan fingerprint density at radius 1 is 1.39 bits per heavy atom. The highest BCUT2D eigenvalue weighted by atomic mass is 79.9. The van der Waals surface area contributed by atoms with E-state index in [1.807, 2.05) is 32.0 Å². The van der Waals surface area contributed by atoms with Crippen LogP contribution in [-0.4, -0.2) is 30.4 Å². The SMILES string of the molecule is CCN(CC)CC(=O)NCc1ccc(Br)cc1Cl. The summed E-state index contributed by atoms with van der Waals surface area (Å²) in [5, 5.41) is 3.54. The third-order valence-corrected chi connectivity index (χ3v) is 3.60. The summed E-state index contributed by atoms with van der Waals surface area (Å²) in [6, 6.07) is 5.65. The zero-order chi connectivity index (χ0) is 13.5. The van der Waals surface area contributed by atoms with E-state index in [1.54, 1.807) is 0 Å². The van der Waals surface area contributed by atoms with Crippen LogP contribution in [0, 0.1) is 0 Å². The lowest BCUT2D eigenvalue weighted by Gasteiger charge is -2.17. The molecule has 0 aliphatic rings. The number of hydrogen-bond acceptors (Lipinski definition) is 2. The summed E-state index contributed by atoms with van der Waals surface area (Å²) in [5.41, 5.74) is 0.924. The van der Waals surface area contributed by atoms with Crippen molar-refractivity contribution in [2.45, 2.75) is 20.4 Å². The van der Waals surface area contributed by atoms with Crippen molar-refractivity contribution in [3.05, 3.63) is 33.3 Å². The van der Waals surface area contributed by atoms with E-state index in [-0.39, 0.29) is 5.91 Å². The standard InChI is InChI=1S/C13H18BrClN2O/c1-3-17(4-2)9-13(18)16-8-10-5-6-11(14)7-12(10)15/h5-7H,3-4,8-9H2,1-2H3,(H,16,18). The van der Waals surface area contributed by atoms with Gasteiger partial charge >= 0.3 is 0 Å². The Morgan fingerprint density at radius 3 is 2.61 bits per heavy atom. The molecule has 0 heterocycles. The van der Waals surface area contributed by atoms with Crippen LogP contribution in [0.25, 0.3) is 0 Å². The second kappa shape index (κ2) is 7.77. The number of nitrogens with one attached hydrogen (secondary N) is 1. The van der Waals surface area contributed by atoms with E-state index in [0.717, 1.165) is 23.1 Å². The Bertz CT molecular complexity index is 408. The molecule has 0 radical (unpaired) electrons. The van der Waals surface area contributed by atoms with Crippen LogP contribution >= 0.6 is 27.5 Å². The number of rotatable bonds is 6. The molecule has 1 amide bonds. The molecule has 0 spiro atoms. The van der Waals surface area contributed by atoms with Gasteiger partial charge in [-0.1, -0.05) is 47.4 Å². The van der Waals surface area contributed by atoms with E-state index in [9.17, 15) is 4.79 Å². The average molecular weight is 334 g/mol. The summed E-state index contributed by atoms with van der Waals surface area (Å²) >= 11 is 9.43. The molecule has 18 heavy (non-hydrogen) atoms. The van der Waals surface area contributed by atoms with Crippen molar-refractivity contribution in [1.29, 1.82) is 0 Å². The minimum atomic E-state index is 0.0256. The molecule has 3 nitrogen and oxygen atoms in total. The van der Waals surface area contributed by atoms with Gasteiger partial charge in [0.2, 0.25) is 5.91 Å². The first-order valence-electron chi connectivity index (χ1n) is 5.99. The maximum Gasteiger partial charge on any atom is 0.234 e. The number of benzene rings is 1. The molecule has 1 N–H and O–H groups in total. The number of carbonyl (C=O) groups is 1. The minimum Gasteiger partial charge on any atom is -0.351 e. The first-order chi connectivity index (χ1) is 8.56. The molecule has 0 saturated carbocycles. The second-order valence-electron chi connectivity index (χ2n) is 3.97. The Kier molecular flexibility index (Phi) is 6.68. The Balaban J connectivity index is 2.47. The molecule has 100 valence electrons. The molecule has 1 aromatic rings. The summed E-state index contributed by atoms with van der Waals surface area (Å²) < 4.78 is 0.936. The monoisotopic (exact) mass is 332 g/mol. The van der Waals surface area contributed by atoms with E-state index in [2.05, 4.69) is 26.1 Å². The lowest BCUT2D eigenvalue weighted by atomic mass is 10.2. The van der Waals surface area contributed by atoms with Gasteiger partial charge in [-0.15, -0.1) is 0 Å². The van der Waals surface area contributed by atoms with Crippen LogP contribution in [0.2, 0.25) is 5.02 Å². The Labute approximate surface area is 122 Å². The zero-order valence-electron chi connectivity index (χ0n) is 10.7. The number of amides is 1. The van der Waals surface area contributed by atoms with Gasteiger partial charge in [-0.05, 0) is 30.8 Å². The molecular weight excluding hydrogens is 316 g/mol. The van der Waals surface area contributed by atoms with Crippen LogP contribution in [0.4, 0.5) is 0 Å². The fourth-order valence-electron chi connectivity index (χ4n) is 1.57. The number of halogens is 2. The van der Waals surface area contributed by atoms with Gasteiger partial charge in [-0.3, -0.25) is 9.69 Å². The topological polar surface area (TPSA) is 32.3 Å². The highest BCUT2D eigenvalue weighted by Crippen LogP contribution is 2.21. The van der Waals surface area contributed by atoms with Gasteiger partial charge in [0, 0.05) is 16.0 Å². The molecule has 0 saturated heterocycles. The Morgan fingerprint density at radius 2 is 2.06 bits per heavy atom. The number of carbonyl (C=O) groups excluding carboxylic acids is 1. The first-order valence-corrected chi connectivity index (χ1v) is 7.16. The molecule has 5 heteroatoms. The van der Waals surface area contributed by atoms with Gasteiger partial charge in [-0.2, -0.15) is 0 Å². The number of hydrogen-bond donors (Lipinski definition) is 1. The molecule has 0 fully saturated rings. The molecule has 0 bridgehead atoms. The summed E-state index contributed by atoms with van der Waals surface area (Å²) in [6.07, 6.45) is 0. The first kappa shape index (κ1) is 15.5. The molecule has 0 atom stereocenters. The van der Waals surface area contributed by atoms with Crippen LogP contribution in [0.1, 0.15) is 19.4 Å². The molecular formula is C13H18BrClN2O. The zero-order valence-corrected chi connectivity index (χ0v) is 13.0. The molecule has 1 aromatic carbocycles. The van der Waals surface area contributed by atoms with Crippen molar-refractivity contribution in [2.24, 2.45) is 0 Å². The number of likely N-dealkylation sites (N-methyl/N-ethyl adjacent to an activating group) is 1. The number of nitrogens with zero attached hydrogens (tertiary/aromatic N) is 1. The van der Waals surface area contributed by atoms with Crippen molar-refractivity contribution >= 4 is 33.4 Å². The molecule has 0 aliphatic heterocycles. The van der Waals surface area contributed by atoms with Gasteiger partial charge < -0.3 is 5.32 Å². The van der Waals surface area contributed by atoms with Crippen LogP contribution < -0.4 is 5.32 Å². The summed E-state index contributed by atoms with van der Waals surface area (Å²) in [6.45, 7) is 6.74. The quantitative estimate of drug-likeness (QED) is 0.868. The predicted octanol–water partition coefficient (Wildman–Crippen LogP) is 3.06. The van der Waals surface area contributed by atoms with Gasteiger partial charge in [0.1, 0.15) is 0 Å². The molecule has 1 rings (SSSR count). The largest absolute Gasteiger partial charge is 0.351 e. The fraction of sp³-hybridized carbons (Fsp3) is 0.462. The van der Waals surface area contributed by atoms with E-state index < -0.39 is 0 Å². The predicted molar refractivity (Wildman–Crippen MR) is 78.8 cm³/mol. The Hall–Kier alpha value is -0.580.